The molecule has 0 aromatic heterocycles. The van der Waals surface area contributed by atoms with Crippen LogP contribution in [0.2, 0.25) is 0 Å². The number of carbonyl (C=O) groups excluding carboxylic acids is 1. The van der Waals surface area contributed by atoms with E-state index in [0.29, 0.717) is 30.5 Å². The maximum absolute atomic E-state index is 13.4. The molecule has 250 valence electrons. The summed E-state index contributed by atoms with van der Waals surface area (Å²) in [6.07, 6.45) is 2.24. The van der Waals surface area contributed by atoms with Gasteiger partial charge in [0.1, 0.15) is 37.1 Å². The number of carbonyl (C=O) groups is 1. The molecule has 49 heavy (non-hydrogen) atoms. The van der Waals surface area contributed by atoms with E-state index in [-0.39, 0.29) is 25.4 Å². The Morgan fingerprint density at radius 1 is 0.796 bits per heavy atom. The van der Waals surface area contributed by atoms with Gasteiger partial charge in [-0.3, -0.25) is 0 Å². The molecule has 0 spiro atoms. The molecule has 7 rings (SSSR count). The van der Waals surface area contributed by atoms with E-state index in [2.05, 4.69) is 45.5 Å². The van der Waals surface area contributed by atoms with Crippen LogP contribution in [0.5, 0.6) is 17.2 Å². The lowest BCUT2D eigenvalue weighted by molar-refractivity contribution is -0.105. The molecule has 0 radical (unpaired) electrons. The number of halogens is 1. The fraction of sp³-hybridized carbons (Fsp3) is 0.244. The largest absolute Gasteiger partial charge is 0.490 e. The molecule has 1 saturated heterocycles. The zero-order chi connectivity index (χ0) is 33.4. The standard InChI is InChI=1S/C41H38BrNO6/c42-37-22-21-31(46-25-28-10-2-1-3-11-28)24-39(37)47-27-38(29-17-19-30(20-18-29)49-40-16-8-9-23-45-40)43-41(44)48-26-36-34-14-6-4-12-32(34)33-13-5-7-15-35(33)36/h1-7,10-15,17-22,24,36,38,40H,8-9,16,23,25-27H2,(H,43,44). The second-order valence-corrected chi connectivity index (χ2v) is 13.0. The van der Waals surface area contributed by atoms with Crippen LogP contribution in [0.15, 0.2) is 126 Å². The van der Waals surface area contributed by atoms with Crippen LogP contribution in [0.3, 0.4) is 0 Å². The first-order valence-corrected chi connectivity index (χ1v) is 17.5. The Bertz CT molecular complexity index is 1810. The van der Waals surface area contributed by atoms with Gasteiger partial charge >= 0.3 is 6.09 Å². The predicted molar refractivity (Wildman–Crippen MR) is 192 cm³/mol. The number of amides is 1. The van der Waals surface area contributed by atoms with E-state index < -0.39 is 12.1 Å². The Hall–Kier alpha value is -4.79. The molecule has 5 aromatic carbocycles. The van der Waals surface area contributed by atoms with Gasteiger partial charge in [0.15, 0.2) is 6.29 Å². The smallest absolute Gasteiger partial charge is 0.407 e. The van der Waals surface area contributed by atoms with Crippen molar-refractivity contribution in [2.45, 2.75) is 44.1 Å². The molecule has 8 heteroatoms. The molecule has 1 fully saturated rings. The van der Waals surface area contributed by atoms with Crippen molar-refractivity contribution in [3.05, 3.63) is 148 Å². The highest BCUT2D eigenvalue weighted by Gasteiger charge is 2.29. The van der Waals surface area contributed by atoms with Gasteiger partial charge in [0.25, 0.3) is 0 Å². The van der Waals surface area contributed by atoms with Crippen LogP contribution >= 0.6 is 15.9 Å². The number of alkyl carbamates (subject to hydrolysis) is 1. The number of benzene rings is 5. The Morgan fingerprint density at radius 2 is 1.49 bits per heavy atom. The van der Waals surface area contributed by atoms with Crippen LogP contribution < -0.4 is 19.5 Å². The molecule has 2 atom stereocenters. The lowest BCUT2D eigenvalue weighted by Gasteiger charge is -2.24. The third-order valence-electron chi connectivity index (χ3n) is 8.88. The summed E-state index contributed by atoms with van der Waals surface area (Å²) in [7, 11) is 0. The Labute approximate surface area is 295 Å². The summed E-state index contributed by atoms with van der Waals surface area (Å²) in [5.74, 6) is 1.94. The summed E-state index contributed by atoms with van der Waals surface area (Å²) in [6, 6.07) is 39.4. The third kappa shape index (κ3) is 8.10. The Morgan fingerprint density at radius 3 is 2.20 bits per heavy atom. The summed E-state index contributed by atoms with van der Waals surface area (Å²) >= 11 is 3.61. The molecule has 1 aliphatic heterocycles. The molecule has 7 nitrogen and oxygen atoms in total. The first-order valence-electron chi connectivity index (χ1n) is 16.7. The average Bonchev–Trinajstić information content (AvgIpc) is 3.47. The Balaban J connectivity index is 1.05. The molecule has 1 N–H and O–H groups in total. The number of hydrogen-bond donors (Lipinski definition) is 1. The van der Waals surface area contributed by atoms with Crippen LogP contribution in [0.4, 0.5) is 4.79 Å². The first kappa shape index (κ1) is 32.7. The van der Waals surface area contributed by atoms with Crippen LogP contribution in [-0.2, 0) is 16.1 Å². The second kappa shape index (κ2) is 15.6. The van der Waals surface area contributed by atoms with E-state index in [9.17, 15) is 4.79 Å². The van der Waals surface area contributed by atoms with Crippen LogP contribution in [-0.4, -0.2) is 32.2 Å². The maximum atomic E-state index is 13.4. The van der Waals surface area contributed by atoms with Crippen molar-refractivity contribution in [2.24, 2.45) is 0 Å². The van der Waals surface area contributed by atoms with Crippen molar-refractivity contribution in [1.82, 2.24) is 5.32 Å². The highest BCUT2D eigenvalue weighted by Crippen LogP contribution is 2.44. The fourth-order valence-corrected chi connectivity index (χ4v) is 6.70. The zero-order valence-electron chi connectivity index (χ0n) is 27.1. The lowest BCUT2D eigenvalue weighted by Crippen LogP contribution is -2.33. The summed E-state index contributed by atoms with van der Waals surface area (Å²) in [5, 5.41) is 3.06. The summed E-state index contributed by atoms with van der Waals surface area (Å²) < 4.78 is 30.8. The molecule has 2 aliphatic rings. The van der Waals surface area contributed by atoms with Gasteiger partial charge in [0.05, 0.1) is 17.1 Å². The van der Waals surface area contributed by atoms with Crippen molar-refractivity contribution in [2.75, 3.05) is 19.8 Å². The molecule has 0 bridgehead atoms. The van der Waals surface area contributed by atoms with Crippen LogP contribution in [0.25, 0.3) is 11.1 Å². The molecular weight excluding hydrogens is 682 g/mol. The maximum Gasteiger partial charge on any atom is 0.407 e. The highest BCUT2D eigenvalue weighted by atomic mass is 79.9. The van der Waals surface area contributed by atoms with Gasteiger partial charge in [0.2, 0.25) is 0 Å². The minimum absolute atomic E-state index is 0.0409. The monoisotopic (exact) mass is 719 g/mol. The van der Waals surface area contributed by atoms with E-state index in [1.807, 2.05) is 97.1 Å². The Kier molecular flexibility index (Phi) is 10.4. The van der Waals surface area contributed by atoms with Crippen LogP contribution in [0.1, 0.15) is 53.5 Å². The van der Waals surface area contributed by atoms with E-state index >= 15 is 0 Å². The van der Waals surface area contributed by atoms with Crippen LogP contribution in [0, 0.1) is 0 Å². The fourth-order valence-electron chi connectivity index (χ4n) is 6.34. The number of nitrogens with one attached hydrogen (secondary N) is 1. The number of ether oxygens (including phenoxy) is 5. The minimum atomic E-state index is -0.523. The minimum Gasteiger partial charge on any atom is -0.490 e. The number of rotatable bonds is 12. The molecular formula is C41H38BrNO6. The molecule has 0 saturated carbocycles. The van der Waals surface area contributed by atoms with Gasteiger partial charge in [-0.25, -0.2) is 4.79 Å². The van der Waals surface area contributed by atoms with E-state index in [1.165, 1.54) is 11.1 Å². The molecule has 1 amide bonds. The SMILES string of the molecule is O=C(NC(COc1cc(OCc2ccccc2)ccc1Br)c1ccc(OC2CCCCO2)cc1)OCC1c2ccccc2-c2ccccc21. The summed E-state index contributed by atoms with van der Waals surface area (Å²) in [6.45, 7) is 1.51. The van der Waals surface area contributed by atoms with Gasteiger partial charge in [-0.2, -0.15) is 0 Å². The second-order valence-electron chi connectivity index (χ2n) is 12.2. The topological polar surface area (TPSA) is 75.3 Å². The molecule has 5 aromatic rings. The first-order chi connectivity index (χ1) is 24.1. The van der Waals surface area contributed by atoms with Crippen molar-refractivity contribution < 1.29 is 28.5 Å². The normalized spacial score (nSPS) is 15.8. The van der Waals surface area contributed by atoms with E-state index in [1.54, 1.807) is 0 Å². The number of fused-ring (bicyclic) bond motifs is 3. The third-order valence-corrected chi connectivity index (χ3v) is 9.54. The van der Waals surface area contributed by atoms with Crippen molar-refractivity contribution in [3.63, 3.8) is 0 Å². The highest BCUT2D eigenvalue weighted by molar-refractivity contribution is 9.10. The quantitative estimate of drug-likeness (QED) is 0.138. The van der Waals surface area contributed by atoms with Gasteiger partial charge in [-0.15, -0.1) is 0 Å². The predicted octanol–water partition coefficient (Wildman–Crippen LogP) is 9.59. The average molecular weight is 721 g/mol. The number of hydrogen-bond acceptors (Lipinski definition) is 6. The van der Waals surface area contributed by atoms with Gasteiger partial charge in [0, 0.05) is 18.4 Å². The lowest BCUT2D eigenvalue weighted by atomic mass is 9.98. The molecule has 2 unspecified atom stereocenters. The summed E-state index contributed by atoms with van der Waals surface area (Å²) in [4.78, 5) is 13.4. The molecule has 1 aliphatic carbocycles. The van der Waals surface area contributed by atoms with E-state index in [0.717, 1.165) is 46.0 Å². The van der Waals surface area contributed by atoms with Crippen molar-refractivity contribution in [3.8, 4) is 28.4 Å². The van der Waals surface area contributed by atoms with Gasteiger partial charge in [-0.05, 0) is 86.4 Å². The zero-order valence-corrected chi connectivity index (χ0v) is 28.6. The van der Waals surface area contributed by atoms with Crippen molar-refractivity contribution >= 4 is 22.0 Å². The van der Waals surface area contributed by atoms with Gasteiger partial charge in [-0.1, -0.05) is 91.0 Å². The van der Waals surface area contributed by atoms with Gasteiger partial charge < -0.3 is 29.0 Å². The van der Waals surface area contributed by atoms with Crippen molar-refractivity contribution in [1.29, 1.82) is 0 Å². The molecule has 1 heterocycles. The summed E-state index contributed by atoms with van der Waals surface area (Å²) in [5.41, 5.74) is 6.60. The van der Waals surface area contributed by atoms with E-state index in [4.69, 9.17) is 23.7 Å².